The quantitative estimate of drug-likeness (QED) is 0.490. The van der Waals surface area contributed by atoms with Crippen LogP contribution in [0.15, 0.2) is 0 Å². The van der Waals surface area contributed by atoms with Gasteiger partial charge in [0.15, 0.2) is 0 Å². The van der Waals surface area contributed by atoms with Crippen molar-refractivity contribution in [1.29, 1.82) is 0 Å². The molecule has 2 N–H and O–H groups in total. The number of methoxy groups -OCH3 is 1. The van der Waals surface area contributed by atoms with Crippen LogP contribution in [0, 0.1) is 12.3 Å². The molecule has 18 heavy (non-hydrogen) atoms. The molecule has 2 amide bonds. The van der Waals surface area contributed by atoms with Crippen molar-refractivity contribution < 1.29 is 19.4 Å². The lowest BCUT2D eigenvalue weighted by Gasteiger charge is -2.22. The van der Waals surface area contributed by atoms with E-state index < -0.39 is 18.0 Å². The average Bonchev–Trinajstić information content (AvgIpc) is 2.34. The maximum atomic E-state index is 11.7. The predicted octanol–water partition coefficient (Wildman–Crippen LogP) is 0.531. The summed E-state index contributed by atoms with van der Waals surface area (Å²) in [4.78, 5) is 24.1. The van der Waals surface area contributed by atoms with Crippen LogP contribution in [0.2, 0.25) is 0 Å². The number of amides is 2. The standard InChI is InChI=1S/C12H20N2O4/c1-4-8-14(5-2)12(17)13-10(11(15)16)7-6-9-18-3/h1,10H,5-9H2,2-3H3,(H,13,17)(H,15,16). The number of hydrogen-bond acceptors (Lipinski definition) is 3. The zero-order valence-corrected chi connectivity index (χ0v) is 10.8. The Bertz CT molecular complexity index is 312. The predicted molar refractivity (Wildman–Crippen MR) is 67.1 cm³/mol. The minimum atomic E-state index is -1.06. The third-order valence-corrected chi connectivity index (χ3v) is 2.39. The highest BCUT2D eigenvalue weighted by atomic mass is 16.5. The summed E-state index contributed by atoms with van der Waals surface area (Å²) in [6, 6.07) is -1.38. The number of carbonyl (C=O) groups is 2. The lowest BCUT2D eigenvalue weighted by Crippen LogP contribution is -2.48. The van der Waals surface area contributed by atoms with Crippen molar-refractivity contribution in [2.24, 2.45) is 0 Å². The summed E-state index contributed by atoms with van der Waals surface area (Å²) < 4.78 is 4.84. The minimum Gasteiger partial charge on any atom is -0.480 e. The second-order valence-corrected chi connectivity index (χ2v) is 3.69. The lowest BCUT2D eigenvalue weighted by molar-refractivity contribution is -0.139. The van der Waals surface area contributed by atoms with Gasteiger partial charge in [0.1, 0.15) is 6.04 Å². The van der Waals surface area contributed by atoms with Crippen LogP contribution in [0.4, 0.5) is 4.79 Å². The Hall–Kier alpha value is -1.74. The zero-order chi connectivity index (χ0) is 14.0. The van der Waals surface area contributed by atoms with Gasteiger partial charge in [-0.15, -0.1) is 6.42 Å². The third-order valence-electron chi connectivity index (χ3n) is 2.39. The van der Waals surface area contributed by atoms with E-state index in [-0.39, 0.29) is 6.54 Å². The van der Waals surface area contributed by atoms with Crippen molar-refractivity contribution in [2.45, 2.75) is 25.8 Å². The third kappa shape index (κ3) is 6.11. The van der Waals surface area contributed by atoms with Gasteiger partial charge < -0.3 is 20.1 Å². The summed E-state index contributed by atoms with van der Waals surface area (Å²) in [5.41, 5.74) is 0. The largest absolute Gasteiger partial charge is 0.480 e. The van der Waals surface area contributed by atoms with Crippen molar-refractivity contribution >= 4 is 12.0 Å². The van der Waals surface area contributed by atoms with Gasteiger partial charge in [0, 0.05) is 20.3 Å². The van der Waals surface area contributed by atoms with E-state index in [9.17, 15) is 9.59 Å². The highest BCUT2D eigenvalue weighted by Gasteiger charge is 2.21. The molecule has 0 saturated heterocycles. The van der Waals surface area contributed by atoms with E-state index in [1.807, 2.05) is 0 Å². The molecule has 0 heterocycles. The van der Waals surface area contributed by atoms with E-state index in [0.29, 0.717) is 26.0 Å². The van der Waals surface area contributed by atoms with Gasteiger partial charge in [0.25, 0.3) is 0 Å². The number of hydrogen-bond donors (Lipinski definition) is 2. The molecule has 0 aromatic carbocycles. The van der Waals surface area contributed by atoms with E-state index in [0.717, 1.165) is 0 Å². The van der Waals surface area contributed by atoms with Crippen LogP contribution in [0.1, 0.15) is 19.8 Å². The Kier molecular flexibility index (Phi) is 8.41. The van der Waals surface area contributed by atoms with Crippen molar-refractivity contribution in [1.82, 2.24) is 10.2 Å². The summed E-state index contributed by atoms with van der Waals surface area (Å²) in [5, 5.41) is 11.4. The Morgan fingerprint density at radius 1 is 1.56 bits per heavy atom. The summed E-state index contributed by atoms with van der Waals surface area (Å²) in [6.45, 7) is 2.83. The van der Waals surface area contributed by atoms with E-state index in [1.165, 1.54) is 4.90 Å². The molecule has 0 saturated carbocycles. The fourth-order valence-electron chi connectivity index (χ4n) is 1.37. The van der Waals surface area contributed by atoms with Crippen molar-refractivity contribution in [3.63, 3.8) is 0 Å². The van der Waals surface area contributed by atoms with Gasteiger partial charge in [-0.2, -0.15) is 0 Å². The fraction of sp³-hybridized carbons (Fsp3) is 0.667. The maximum absolute atomic E-state index is 11.7. The lowest BCUT2D eigenvalue weighted by atomic mass is 10.1. The molecule has 102 valence electrons. The fourth-order valence-corrected chi connectivity index (χ4v) is 1.37. The summed E-state index contributed by atoms with van der Waals surface area (Å²) in [6.07, 6.45) is 6.01. The average molecular weight is 256 g/mol. The SMILES string of the molecule is C#CCN(CC)C(=O)NC(CCCOC)C(=O)O. The highest BCUT2D eigenvalue weighted by Crippen LogP contribution is 2.00. The minimum absolute atomic E-state index is 0.159. The smallest absolute Gasteiger partial charge is 0.326 e. The van der Waals surface area contributed by atoms with Crippen molar-refractivity contribution in [3.05, 3.63) is 0 Å². The number of terminal acetylenes is 1. The van der Waals surface area contributed by atoms with Crippen LogP contribution in [0.3, 0.4) is 0 Å². The van der Waals surface area contributed by atoms with Gasteiger partial charge in [-0.1, -0.05) is 5.92 Å². The summed E-state index contributed by atoms with van der Waals surface area (Å²) in [5.74, 6) is 1.29. The van der Waals surface area contributed by atoms with E-state index in [1.54, 1.807) is 14.0 Å². The van der Waals surface area contributed by atoms with Gasteiger partial charge in [-0.05, 0) is 19.8 Å². The molecule has 0 bridgehead atoms. The number of ether oxygens (including phenoxy) is 1. The molecule has 0 radical (unpaired) electrons. The number of carbonyl (C=O) groups excluding carboxylic acids is 1. The number of carboxylic acids is 1. The molecule has 0 aliphatic heterocycles. The van der Waals surface area contributed by atoms with E-state index in [2.05, 4.69) is 11.2 Å². The van der Waals surface area contributed by atoms with Crippen molar-refractivity contribution in [3.8, 4) is 12.3 Å². The molecular formula is C12H20N2O4. The molecule has 0 aromatic rings. The highest BCUT2D eigenvalue weighted by molar-refractivity contribution is 5.82. The molecule has 0 rings (SSSR count). The first-order valence-corrected chi connectivity index (χ1v) is 5.77. The van der Waals surface area contributed by atoms with Gasteiger partial charge in [-0.25, -0.2) is 9.59 Å². The van der Waals surface area contributed by atoms with Crippen LogP contribution < -0.4 is 5.32 Å². The van der Waals surface area contributed by atoms with Gasteiger partial charge in [0.2, 0.25) is 0 Å². The van der Waals surface area contributed by atoms with Gasteiger partial charge in [-0.3, -0.25) is 0 Å². The number of aliphatic carboxylic acids is 1. The van der Waals surface area contributed by atoms with Gasteiger partial charge >= 0.3 is 12.0 Å². The molecular weight excluding hydrogens is 236 g/mol. The molecule has 6 heteroatoms. The maximum Gasteiger partial charge on any atom is 0.326 e. The molecule has 0 spiro atoms. The second-order valence-electron chi connectivity index (χ2n) is 3.69. The molecule has 6 nitrogen and oxygen atoms in total. The molecule has 1 unspecified atom stereocenters. The number of nitrogens with one attached hydrogen (secondary N) is 1. The van der Waals surface area contributed by atoms with E-state index >= 15 is 0 Å². The zero-order valence-electron chi connectivity index (χ0n) is 10.8. The number of rotatable bonds is 8. The Morgan fingerprint density at radius 3 is 2.67 bits per heavy atom. The van der Waals surface area contributed by atoms with Crippen LogP contribution >= 0.6 is 0 Å². The molecule has 0 aliphatic rings. The molecule has 0 fully saturated rings. The monoisotopic (exact) mass is 256 g/mol. The normalized spacial score (nSPS) is 11.4. The second kappa shape index (κ2) is 9.31. The van der Waals surface area contributed by atoms with Crippen molar-refractivity contribution in [2.75, 3.05) is 26.8 Å². The molecule has 1 atom stereocenters. The first-order valence-electron chi connectivity index (χ1n) is 5.77. The first-order chi connectivity index (χ1) is 8.56. The summed E-state index contributed by atoms with van der Waals surface area (Å²) in [7, 11) is 1.54. The number of carboxylic acid groups (broad SMARTS) is 1. The van der Waals surface area contributed by atoms with Crippen LogP contribution in [0.5, 0.6) is 0 Å². The Labute approximate surface area is 107 Å². The topological polar surface area (TPSA) is 78.9 Å². The Morgan fingerprint density at radius 2 is 2.22 bits per heavy atom. The van der Waals surface area contributed by atoms with Gasteiger partial charge in [0.05, 0.1) is 6.54 Å². The number of nitrogens with zero attached hydrogens (tertiary/aromatic N) is 1. The van der Waals surface area contributed by atoms with E-state index in [4.69, 9.17) is 16.3 Å². The summed E-state index contributed by atoms with van der Waals surface area (Å²) >= 11 is 0. The van der Waals surface area contributed by atoms with Crippen LogP contribution in [-0.4, -0.2) is 54.9 Å². The van der Waals surface area contributed by atoms with Crippen LogP contribution in [0.25, 0.3) is 0 Å². The van der Waals surface area contributed by atoms with Crippen LogP contribution in [-0.2, 0) is 9.53 Å². The molecule has 0 aromatic heterocycles. The first kappa shape index (κ1) is 16.3. The Balaban J connectivity index is 4.34. The number of urea groups is 1. The molecule has 0 aliphatic carbocycles.